The molecule has 2 nitrogen and oxygen atoms in total. The molecule has 0 radical (unpaired) electrons. The van der Waals surface area contributed by atoms with E-state index >= 15 is 0 Å². The van der Waals surface area contributed by atoms with Crippen molar-refractivity contribution < 1.29 is 0 Å². The fraction of sp³-hybridized carbons (Fsp3) is 0.143. The lowest BCUT2D eigenvalue weighted by molar-refractivity contribution is 1.46. The summed E-state index contributed by atoms with van der Waals surface area (Å²) in [5.74, 6) is 0. The molecule has 3 heteroatoms. The molecule has 0 aliphatic rings. The molecule has 0 saturated heterocycles. The van der Waals surface area contributed by atoms with E-state index in [0.717, 1.165) is 21.4 Å². The van der Waals surface area contributed by atoms with Crippen LogP contribution in [-0.4, -0.2) is 0 Å². The van der Waals surface area contributed by atoms with Crippen LogP contribution in [0.4, 0.5) is 11.4 Å². The van der Waals surface area contributed by atoms with Crippen LogP contribution in [-0.2, 0) is 4.43 Å². The summed E-state index contributed by atoms with van der Waals surface area (Å²) in [7, 11) is 0. The maximum Gasteiger partial charge on any atom is 0.0375 e. The number of hydrogen-bond donors (Lipinski definition) is 2. The fourth-order valence-corrected chi connectivity index (χ4v) is 1.43. The molecular weight excluding hydrogens is 239 g/mol. The summed E-state index contributed by atoms with van der Waals surface area (Å²) in [6, 6.07) is 5.61. The highest BCUT2D eigenvalue weighted by molar-refractivity contribution is 14.1. The number of alkyl halides is 1. The van der Waals surface area contributed by atoms with Crippen molar-refractivity contribution in [1.29, 1.82) is 0 Å². The summed E-state index contributed by atoms with van der Waals surface area (Å²) in [4.78, 5) is 0. The Kier molecular flexibility index (Phi) is 2.37. The van der Waals surface area contributed by atoms with Crippen LogP contribution < -0.4 is 11.5 Å². The van der Waals surface area contributed by atoms with Crippen LogP contribution in [0.2, 0.25) is 0 Å². The minimum absolute atomic E-state index is 0.728. The van der Waals surface area contributed by atoms with E-state index in [1.54, 1.807) is 6.07 Å². The van der Waals surface area contributed by atoms with Gasteiger partial charge in [-0.2, -0.15) is 0 Å². The van der Waals surface area contributed by atoms with Gasteiger partial charge in [0.15, 0.2) is 0 Å². The molecule has 0 amide bonds. The third-order valence-corrected chi connectivity index (χ3v) is 2.14. The normalized spacial score (nSPS) is 9.70. The van der Waals surface area contributed by atoms with Gasteiger partial charge in [-0.1, -0.05) is 28.7 Å². The number of anilines is 2. The molecule has 0 saturated carbocycles. The number of halogens is 1. The lowest BCUT2D eigenvalue weighted by Crippen LogP contribution is -1.93. The molecule has 0 aromatic heterocycles. The van der Waals surface area contributed by atoms with Crippen molar-refractivity contribution in [1.82, 2.24) is 0 Å². The van der Waals surface area contributed by atoms with Crippen molar-refractivity contribution >= 4 is 34.0 Å². The summed E-state index contributed by atoms with van der Waals surface area (Å²) in [5, 5.41) is 0. The molecule has 1 aromatic rings. The zero-order valence-electron chi connectivity index (χ0n) is 5.47. The first-order valence-electron chi connectivity index (χ1n) is 2.94. The summed E-state index contributed by atoms with van der Waals surface area (Å²) in [5.41, 5.74) is 13.8. The van der Waals surface area contributed by atoms with Gasteiger partial charge in [-0.25, -0.2) is 0 Å². The Hall–Kier alpha value is -0.450. The van der Waals surface area contributed by atoms with Crippen LogP contribution in [0.5, 0.6) is 0 Å². The SMILES string of the molecule is Nc1ccc(CI)c(N)c1. The van der Waals surface area contributed by atoms with E-state index in [-0.39, 0.29) is 0 Å². The third kappa shape index (κ3) is 1.53. The summed E-state index contributed by atoms with van der Waals surface area (Å²) < 4.78 is 0.934. The molecule has 0 spiro atoms. The molecule has 0 bridgehead atoms. The number of benzene rings is 1. The van der Waals surface area contributed by atoms with Gasteiger partial charge in [0.05, 0.1) is 0 Å². The van der Waals surface area contributed by atoms with E-state index < -0.39 is 0 Å². The molecule has 10 heavy (non-hydrogen) atoms. The van der Waals surface area contributed by atoms with Crippen LogP contribution >= 0.6 is 22.6 Å². The molecule has 0 unspecified atom stereocenters. The standard InChI is InChI=1S/C7H9IN2/c8-4-5-1-2-6(9)3-7(5)10/h1-3H,4,9-10H2. The van der Waals surface area contributed by atoms with Crippen molar-refractivity contribution in [3.05, 3.63) is 23.8 Å². The summed E-state index contributed by atoms with van der Waals surface area (Å²) >= 11 is 2.27. The van der Waals surface area contributed by atoms with Gasteiger partial charge in [0, 0.05) is 15.8 Å². The first-order chi connectivity index (χ1) is 4.74. The van der Waals surface area contributed by atoms with Gasteiger partial charge in [0.2, 0.25) is 0 Å². The van der Waals surface area contributed by atoms with Crippen LogP contribution in [0.25, 0.3) is 0 Å². The van der Waals surface area contributed by atoms with Gasteiger partial charge in [0.25, 0.3) is 0 Å². The highest BCUT2D eigenvalue weighted by Crippen LogP contribution is 2.17. The van der Waals surface area contributed by atoms with Crippen LogP contribution in [0.3, 0.4) is 0 Å². The molecule has 0 heterocycles. The Labute approximate surface area is 73.7 Å². The second-order valence-electron chi connectivity index (χ2n) is 2.09. The Balaban J connectivity index is 3.07. The molecule has 1 rings (SSSR count). The second kappa shape index (κ2) is 3.09. The van der Waals surface area contributed by atoms with E-state index in [9.17, 15) is 0 Å². The van der Waals surface area contributed by atoms with Gasteiger partial charge in [0.1, 0.15) is 0 Å². The smallest absolute Gasteiger partial charge is 0.0375 e. The Bertz CT molecular complexity index is 235. The number of rotatable bonds is 1. The Morgan fingerprint density at radius 2 is 2.00 bits per heavy atom. The van der Waals surface area contributed by atoms with Gasteiger partial charge < -0.3 is 11.5 Å². The van der Waals surface area contributed by atoms with E-state index in [1.165, 1.54) is 0 Å². The molecule has 0 fully saturated rings. The molecular formula is C7H9IN2. The average Bonchev–Trinajstić information content (AvgIpc) is 1.88. The average molecular weight is 248 g/mol. The molecule has 54 valence electrons. The Morgan fingerprint density at radius 1 is 1.30 bits per heavy atom. The third-order valence-electron chi connectivity index (χ3n) is 1.31. The number of nitrogens with two attached hydrogens (primary N) is 2. The molecule has 0 aliphatic heterocycles. The van der Waals surface area contributed by atoms with Gasteiger partial charge in [-0.05, 0) is 17.7 Å². The van der Waals surface area contributed by atoms with Crippen LogP contribution in [0.1, 0.15) is 5.56 Å². The molecule has 4 N–H and O–H groups in total. The van der Waals surface area contributed by atoms with E-state index in [1.807, 2.05) is 12.1 Å². The van der Waals surface area contributed by atoms with Crippen molar-refractivity contribution in [3.63, 3.8) is 0 Å². The zero-order valence-corrected chi connectivity index (χ0v) is 7.63. The van der Waals surface area contributed by atoms with Crippen LogP contribution in [0, 0.1) is 0 Å². The Morgan fingerprint density at radius 3 is 2.50 bits per heavy atom. The fourth-order valence-electron chi connectivity index (χ4n) is 0.735. The largest absolute Gasteiger partial charge is 0.399 e. The number of hydrogen-bond acceptors (Lipinski definition) is 2. The van der Waals surface area contributed by atoms with Crippen LogP contribution in [0.15, 0.2) is 18.2 Å². The van der Waals surface area contributed by atoms with Gasteiger partial charge in [-0.15, -0.1) is 0 Å². The maximum absolute atomic E-state index is 5.65. The lowest BCUT2D eigenvalue weighted by atomic mass is 10.2. The highest BCUT2D eigenvalue weighted by atomic mass is 127. The monoisotopic (exact) mass is 248 g/mol. The minimum Gasteiger partial charge on any atom is -0.399 e. The maximum atomic E-state index is 5.65. The van der Waals surface area contributed by atoms with Crippen molar-refractivity contribution in [2.24, 2.45) is 0 Å². The van der Waals surface area contributed by atoms with Crippen molar-refractivity contribution in [2.45, 2.75) is 4.43 Å². The predicted octanol–water partition coefficient (Wildman–Crippen LogP) is 1.79. The topological polar surface area (TPSA) is 52.0 Å². The highest BCUT2D eigenvalue weighted by Gasteiger charge is 1.95. The number of nitrogen functional groups attached to an aromatic ring is 2. The lowest BCUT2D eigenvalue weighted by Gasteiger charge is -2.01. The van der Waals surface area contributed by atoms with Crippen molar-refractivity contribution in [2.75, 3.05) is 11.5 Å². The second-order valence-corrected chi connectivity index (χ2v) is 2.85. The quantitative estimate of drug-likeness (QED) is 0.452. The molecule has 1 aromatic carbocycles. The van der Waals surface area contributed by atoms with Gasteiger partial charge in [-0.3, -0.25) is 0 Å². The van der Waals surface area contributed by atoms with E-state index in [4.69, 9.17) is 11.5 Å². The summed E-state index contributed by atoms with van der Waals surface area (Å²) in [6.07, 6.45) is 0. The first kappa shape index (κ1) is 7.65. The minimum atomic E-state index is 0.728. The summed E-state index contributed by atoms with van der Waals surface area (Å²) in [6.45, 7) is 0. The molecule has 0 atom stereocenters. The molecule has 0 aliphatic carbocycles. The van der Waals surface area contributed by atoms with Gasteiger partial charge >= 0.3 is 0 Å². The van der Waals surface area contributed by atoms with E-state index in [2.05, 4.69) is 22.6 Å². The predicted molar refractivity (Wildman–Crippen MR) is 53.0 cm³/mol. The van der Waals surface area contributed by atoms with Crippen molar-refractivity contribution in [3.8, 4) is 0 Å². The zero-order chi connectivity index (χ0) is 7.56. The van der Waals surface area contributed by atoms with E-state index in [0.29, 0.717) is 0 Å². The first-order valence-corrected chi connectivity index (χ1v) is 4.46.